The third-order valence-corrected chi connectivity index (χ3v) is 4.54. The van der Waals surface area contributed by atoms with E-state index in [-0.39, 0.29) is 23.9 Å². The molecule has 0 aliphatic carbocycles. The van der Waals surface area contributed by atoms with E-state index in [1.54, 1.807) is 11.1 Å². The van der Waals surface area contributed by atoms with Gasteiger partial charge in [-0.05, 0) is 39.5 Å². The fourth-order valence-electron chi connectivity index (χ4n) is 3.48. The lowest BCUT2D eigenvalue weighted by Gasteiger charge is -2.25. The van der Waals surface area contributed by atoms with Gasteiger partial charge in [0.1, 0.15) is 6.04 Å². The molecule has 126 valence electrons. The molecule has 1 aromatic heterocycles. The molecule has 2 atom stereocenters. The highest BCUT2D eigenvalue weighted by Crippen LogP contribution is 2.24. The summed E-state index contributed by atoms with van der Waals surface area (Å²) in [6.45, 7) is 5.10. The molecule has 0 saturated carbocycles. The molecule has 1 saturated heterocycles. The van der Waals surface area contributed by atoms with E-state index < -0.39 is 6.04 Å². The van der Waals surface area contributed by atoms with Gasteiger partial charge in [0.25, 0.3) is 5.91 Å². The van der Waals surface area contributed by atoms with Crippen molar-refractivity contribution in [2.75, 3.05) is 6.54 Å². The topological polar surface area (TPSA) is 93.2 Å². The molecular weight excluding hydrogens is 294 g/mol. The van der Waals surface area contributed by atoms with E-state index in [4.69, 9.17) is 5.73 Å². The van der Waals surface area contributed by atoms with Gasteiger partial charge in [0, 0.05) is 25.2 Å². The number of hydrogen-bond acceptors (Lipinski definition) is 4. The molecule has 2 aliphatic heterocycles. The van der Waals surface area contributed by atoms with Gasteiger partial charge in [-0.15, -0.1) is 0 Å². The van der Waals surface area contributed by atoms with Crippen molar-refractivity contribution in [3.8, 4) is 0 Å². The van der Waals surface area contributed by atoms with Crippen molar-refractivity contribution in [2.45, 2.75) is 64.2 Å². The van der Waals surface area contributed by atoms with Crippen LogP contribution < -0.4 is 11.1 Å². The number of nitrogens with two attached hydrogens (primary N) is 1. The molecule has 2 aliphatic rings. The van der Waals surface area contributed by atoms with Gasteiger partial charge in [-0.2, -0.15) is 5.10 Å². The predicted molar refractivity (Wildman–Crippen MR) is 85.9 cm³/mol. The van der Waals surface area contributed by atoms with Crippen molar-refractivity contribution >= 4 is 11.8 Å². The molecule has 1 fully saturated rings. The Morgan fingerprint density at radius 2 is 2.17 bits per heavy atom. The molecule has 0 bridgehead atoms. The van der Waals surface area contributed by atoms with Gasteiger partial charge in [-0.1, -0.05) is 0 Å². The van der Waals surface area contributed by atoms with E-state index in [2.05, 4.69) is 10.4 Å². The molecular formula is C16H25N5O2. The molecule has 1 aromatic rings. The van der Waals surface area contributed by atoms with Gasteiger partial charge in [0.15, 0.2) is 0 Å². The maximum absolute atomic E-state index is 13.0. The Labute approximate surface area is 136 Å². The van der Waals surface area contributed by atoms with Crippen LogP contribution in [0.5, 0.6) is 0 Å². The molecule has 0 radical (unpaired) electrons. The number of nitrogens with one attached hydrogen (secondary N) is 1. The number of fused-ring (bicyclic) bond motifs is 1. The van der Waals surface area contributed by atoms with Crippen LogP contribution in [0.15, 0.2) is 6.20 Å². The summed E-state index contributed by atoms with van der Waals surface area (Å²) in [5.74, 6) is -0.243. The number of aromatic nitrogens is 2. The maximum Gasteiger partial charge on any atom is 0.258 e. The first kappa shape index (κ1) is 16.0. The summed E-state index contributed by atoms with van der Waals surface area (Å²) >= 11 is 0. The normalized spacial score (nSPS) is 23.9. The van der Waals surface area contributed by atoms with E-state index in [9.17, 15) is 9.59 Å². The number of carbonyl (C=O) groups is 2. The van der Waals surface area contributed by atoms with Crippen molar-refractivity contribution in [3.63, 3.8) is 0 Å². The van der Waals surface area contributed by atoms with Crippen LogP contribution in [-0.4, -0.2) is 51.2 Å². The number of amides is 2. The van der Waals surface area contributed by atoms with Gasteiger partial charge >= 0.3 is 0 Å². The number of carbonyl (C=O) groups excluding carboxylic acids is 2. The fourth-order valence-corrected chi connectivity index (χ4v) is 3.48. The van der Waals surface area contributed by atoms with E-state index in [1.807, 2.05) is 18.5 Å². The third kappa shape index (κ3) is 3.10. The highest BCUT2D eigenvalue weighted by Gasteiger charge is 2.39. The maximum atomic E-state index is 13.0. The fraction of sp³-hybridized carbons (Fsp3) is 0.688. The minimum atomic E-state index is -0.487. The minimum absolute atomic E-state index is 0.0418. The average molecular weight is 319 g/mol. The standard InChI is InChI=1S/C16H25N5O2/c1-10(2)19-15(22)14-7-11(17)9-20(14)16(23)12-8-18-21-6-4-3-5-13(12)21/h8,10-11,14H,3-7,9,17H2,1-2H3,(H,19,22)/t11-,14+/m1/s1. The Morgan fingerprint density at radius 1 is 1.39 bits per heavy atom. The van der Waals surface area contributed by atoms with Gasteiger partial charge in [0.05, 0.1) is 17.5 Å². The van der Waals surface area contributed by atoms with Crippen LogP contribution in [0.1, 0.15) is 49.2 Å². The van der Waals surface area contributed by atoms with Crippen LogP contribution >= 0.6 is 0 Å². The second kappa shape index (κ2) is 6.31. The summed E-state index contributed by atoms with van der Waals surface area (Å²) in [7, 11) is 0. The Morgan fingerprint density at radius 3 is 2.91 bits per heavy atom. The summed E-state index contributed by atoms with van der Waals surface area (Å²) in [5.41, 5.74) is 7.63. The smallest absolute Gasteiger partial charge is 0.258 e. The molecule has 0 spiro atoms. The Hall–Kier alpha value is -1.89. The lowest BCUT2D eigenvalue weighted by molar-refractivity contribution is -0.125. The molecule has 3 heterocycles. The second-order valence-electron chi connectivity index (χ2n) is 6.82. The highest BCUT2D eigenvalue weighted by atomic mass is 16.2. The second-order valence-corrected chi connectivity index (χ2v) is 6.82. The molecule has 2 amide bonds. The van der Waals surface area contributed by atoms with Crippen LogP contribution in [0.4, 0.5) is 0 Å². The van der Waals surface area contributed by atoms with E-state index in [0.717, 1.165) is 31.5 Å². The molecule has 7 nitrogen and oxygen atoms in total. The van der Waals surface area contributed by atoms with Crippen molar-refractivity contribution in [3.05, 3.63) is 17.5 Å². The van der Waals surface area contributed by atoms with Gasteiger partial charge < -0.3 is 16.0 Å². The number of rotatable bonds is 3. The van der Waals surface area contributed by atoms with E-state index in [1.165, 1.54) is 0 Å². The lowest BCUT2D eigenvalue weighted by atomic mass is 10.1. The monoisotopic (exact) mass is 319 g/mol. The number of nitrogens with zero attached hydrogens (tertiary/aromatic N) is 3. The summed E-state index contributed by atoms with van der Waals surface area (Å²) in [5, 5.41) is 7.21. The van der Waals surface area contributed by atoms with Crippen LogP contribution in [0.2, 0.25) is 0 Å². The summed E-state index contributed by atoms with van der Waals surface area (Å²) in [6, 6.07) is -0.604. The SMILES string of the molecule is CC(C)NC(=O)[C@@H]1C[C@@H](N)CN1C(=O)c1cnn2c1CCCC2. The summed E-state index contributed by atoms with van der Waals surface area (Å²) in [4.78, 5) is 27.0. The van der Waals surface area contributed by atoms with Gasteiger partial charge in [-0.25, -0.2) is 0 Å². The zero-order chi connectivity index (χ0) is 16.6. The highest BCUT2D eigenvalue weighted by molar-refractivity contribution is 5.98. The first-order chi connectivity index (χ1) is 11.0. The van der Waals surface area contributed by atoms with E-state index in [0.29, 0.717) is 18.5 Å². The van der Waals surface area contributed by atoms with Crippen molar-refractivity contribution in [1.29, 1.82) is 0 Å². The molecule has 0 unspecified atom stereocenters. The van der Waals surface area contributed by atoms with Crippen molar-refractivity contribution in [2.24, 2.45) is 5.73 Å². The quantitative estimate of drug-likeness (QED) is 0.837. The molecule has 0 aromatic carbocycles. The summed E-state index contributed by atoms with van der Waals surface area (Å²) < 4.78 is 1.91. The lowest BCUT2D eigenvalue weighted by Crippen LogP contribution is -2.47. The Bertz CT molecular complexity index is 610. The third-order valence-electron chi connectivity index (χ3n) is 4.54. The molecule has 3 N–H and O–H groups in total. The van der Waals surface area contributed by atoms with Crippen molar-refractivity contribution < 1.29 is 9.59 Å². The zero-order valence-corrected chi connectivity index (χ0v) is 13.8. The number of aryl methyl sites for hydroxylation is 1. The minimum Gasteiger partial charge on any atom is -0.352 e. The van der Waals surface area contributed by atoms with Crippen molar-refractivity contribution in [1.82, 2.24) is 20.0 Å². The zero-order valence-electron chi connectivity index (χ0n) is 13.8. The van der Waals surface area contributed by atoms with Crippen LogP contribution in [0, 0.1) is 0 Å². The number of hydrogen-bond donors (Lipinski definition) is 2. The number of likely N-dealkylation sites (tertiary alicyclic amines) is 1. The first-order valence-electron chi connectivity index (χ1n) is 8.39. The van der Waals surface area contributed by atoms with Crippen LogP contribution in [0.25, 0.3) is 0 Å². The van der Waals surface area contributed by atoms with Gasteiger partial charge in [-0.3, -0.25) is 14.3 Å². The van der Waals surface area contributed by atoms with Gasteiger partial charge in [0.2, 0.25) is 5.91 Å². The van der Waals surface area contributed by atoms with E-state index >= 15 is 0 Å². The molecule has 23 heavy (non-hydrogen) atoms. The Kier molecular flexibility index (Phi) is 4.39. The molecule has 3 rings (SSSR count). The molecule has 7 heteroatoms. The van der Waals surface area contributed by atoms with Crippen LogP contribution in [-0.2, 0) is 17.8 Å². The van der Waals surface area contributed by atoms with Crippen LogP contribution in [0.3, 0.4) is 0 Å². The first-order valence-corrected chi connectivity index (χ1v) is 8.39. The summed E-state index contributed by atoms with van der Waals surface area (Å²) in [6.07, 6.45) is 5.18. The average Bonchev–Trinajstić information content (AvgIpc) is 3.09. The Balaban J connectivity index is 1.82. The predicted octanol–water partition coefficient (Wildman–Crippen LogP) is 0.286. The largest absolute Gasteiger partial charge is 0.352 e.